The number of carbonyl (C=O) groups excluding carboxylic acids is 1. The number of carbonyl (C=O) groups is 1. The molecule has 0 aromatic carbocycles. The maximum Gasteiger partial charge on any atom is 0.234 e. The predicted molar refractivity (Wildman–Crippen MR) is 76.7 cm³/mol. The lowest BCUT2D eigenvalue weighted by atomic mass is 10.2. The molecule has 0 radical (unpaired) electrons. The van der Waals surface area contributed by atoms with E-state index in [1.807, 2.05) is 28.8 Å². The number of nitrogens with one attached hydrogen (secondary N) is 2. The van der Waals surface area contributed by atoms with Crippen molar-refractivity contribution in [1.29, 1.82) is 0 Å². The van der Waals surface area contributed by atoms with Crippen molar-refractivity contribution in [1.82, 2.24) is 25.2 Å². The van der Waals surface area contributed by atoms with E-state index in [9.17, 15) is 4.79 Å². The normalized spacial score (nSPS) is 18.2. The van der Waals surface area contributed by atoms with Crippen LogP contribution in [0, 0.1) is 0 Å². The summed E-state index contributed by atoms with van der Waals surface area (Å²) in [5, 5.41) is 14.1. The maximum absolute atomic E-state index is 11.8. The fourth-order valence-electron chi connectivity index (χ4n) is 2.40. The highest BCUT2D eigenvalue weighted by Crippen LogP contribution is 2.10. The largest absolute Gasteiger partial charge is 0.377 e. The molecule has 0 spiro atoms. The van der Waals surface area contributed by atoms with Crippen LogP contribution in [0.2, 0.25) is 0 Å². The second-order valence-corrected chi connectivity index (χ2v) is 5.09. The van der Waals surface area contributed by atoms with Gasteiger partial charge < -0.3 is 15.4 Å². The van der Waals surface area contributed by atoms with E-state index < -0.39 is 0 Å². The van der Waals surface area contributed by atoms with Gasteiger partial charge in [0.25, 0.3) is 0 Å². The highest BCUT2D eigenvalue weighted by molar-refractivity contribution is 5.77. The van der Waals surface area contributed by atoms with Crippen LogP contribution in [0.5, 0.6) is 0 Å². The van der Waals surface area contributed by atoms with E-state index >= 15 is 0 Å². The minimum atomic E-state index is -0.0549. The molecule has 2 aromatic rings. The number of ether oxygens (including phenoxy) is 1. The van der Waals surface area contributed by atoms with Gasteiger partial charge in [0.2, 0.25) is 5.91 Å². The molecule has 21 heavy (non-hydrogen) atoms. The predicted octanol–water partition coefficient (Wildman–Crippen LogP) is 0.114. The van der Waals surface area contributed by atoms with E-state index in [4.69, 9.17) is 4.74 Å². The van der Waals surface area contributed by atoms with Crippen molar-refractivity contribution in [3.05, 3.63) is 30.2 Å². The van der Waals surface area contributed by atoms with Crippen molar-refractivity contribution in [2.24, 2.45) is 0 Å². The summed E-state index contributed by atoms with van der Waals surface area (Å²) in [5.41, 5.74) is 0.776. The molecule has 1 atom stereocenters. The molecule has 3 heterocycles. The number of pyridine rings is 1. The second-order valence-electron chi connectivity index (χ2n) is 5.09. The first-order valence-electron chi connectivity index (χ1n) is 7.20. The Labute approximate surface area is 122 Å². The van der Waals surface area contributed by atoms with Crippen LogP contribution >= 0.6 is 0 Å². The molecular weight excluding hydrogens is 270 g/mol. The average molecular weight is 289 g/mol. The zero-order valence-electron chi connectivity index (χ0n) is 11.8. The van der Waals surface area contributed by atoms with E-state index in [-0.39, 0.29) is 18.6 Å². The van der Waals surface area contributed by atoms with E-state index in [1.54, 1.807) is 0 Å². The lowest BCUT2D eigenvalue weighted by Gasteiger charge is -2.10. The van der Waals surface area contributed by atoms with Crippen molar-refractivity contribution in [3.63, 3.8) is 0 Å². The van der Waals surface area contributed by atoms with Gasteiger partial charge in [-0.2, -0.15) is 0 Å². The summed E-state index contributed by atoms with van der Waals surface area (Å²) in [5.74, 6) is 0.666. The second kappa shape index (κ2) is 6.64. The Hall–Kier alpha value is -1.99. The number of nitrogens with zero attached hydrogens (tertiary/aromatic N) is 3. The Morgan fingerprint density at radius 2 is 2.38 bits per heavy atom. The average Bonchev–Trinajstić information content (AvgIpc) is 3.14. The zero-order chi connectivity index (χ0) is 14.5. The van der Waals surface area contributed by atoms with E-state index in [2.05, 4.69) is 20.8 Å². The van der Waals surface area contributed by atoms with Crippen LogP contribution in [0.4, 0.5) is 0 Å². The van der Waals surface area contributed by atoms with Crippen molar-refractivity contribution >= 4 is 11.6 Å². The van der Waals surface area contributed by atoms with Gasteiger partial charge >= 0.3 is 0 Å². The molecular formula is C14H19N5O2. The Morgan fingerprint density at radius 3 is 3.24 bits per heavy atom. The van der Waals surface area contributed by atoms with Crippen LogP contribution in [-0.2, 0) is 16.1 Å². The van der Waals surface area contributed by atoms with E-state index in [1.165, 1.54) is 0 Å². The molecule has 1 unspecified atom stereocenters. The van der Waals surface area contributed by atoms with Crippen molar-refractivity contribution in [2.75, 3.05) is 19.7 Å². The van der Waals surface area contributed by atoms with Crippen LogP contribution < -0.4 is 10.6 Å². The standard InChI is InChI=1S/C14H19N5O2/c20-14(10-15-8-11-4-3-7-21-11)16-9-13-18-17-12-5-1-2-6-19(12)13/h1-2,5-6,11,15H,3-4,7-10H2,(H,16,20). The number of aromatic nitrogens is 3. The van der Waals surface area contributed by atoms with Gasteiger partial charge in [-0.25, -0.2) is 0 Å². The molecule has 1 saturated heterocycles. The molecule has 1 aliphatic rings. The highest BCUT2D eigenvalue weighted by atomic mass is 16.5. The first kappa shape index (κ1) is 14.0. The van der Waals surface area contributed by atoms with Gasteiger partial charge in [-0.3, -0.25) is 9.20 Å². The van der Waals surface area contributed by atoms with Crippen LogP contribution in [-0.4, -0.2) is 46.3 Å². The van der Waals surface area contributed by atoms with Crippen molar-refractivity contribution in [2.45, 2.75) is 25.5 Å². The number of rotatable bonds is 6. The Balaban J connectivity index is 1.43. The van der Waals surface area contributed by atoms with E-state index in [0.29, 0.717) is 6.54 Å². The van der Waals surface area contributed by atoms with Gasteiger partial charge in [0.05, 0.1) is 19.2 Å². The minimum absolute atomic E-state index is 0.0549. The summed E-state index contributed by atoms with van der Waals surface area (Å²) < 4.78 is 7.35. The quantitative estimate of drug-likeness (QED) is 0.789. The van der Waals surface area contributed by atoms with Crippen LogP contribution in [0.1, 0.15) is 18.7 Å². The third-order valence-electron chi connectivity index (χ3n) is 3.51. The van der Waals surface area contributed by atoms with Gasteiger partial charge in [0.15, 0.2) is 11.5 Å². The Bertz CT molecular complexity index is 606. The molecule has 7 heteroatoms. The topological polar surface area (TPSA) is 80.5 Å². The molecule has 1 fully saturated rings. The van der Waals surface area contributed by atoms with Gasteiger partial charge in [0, 0.05) is 19.3 Å². The molecule has 3 rings (SSSR count). The number of hydrogen-bond donors (Lipinski definition) is 2. The Kier molecular flexibility index (Phi) is 4.42. The van der Waals surface area contributed by atoms with Gasteiger partial charge in [0.1, 0.15) is 0 Å². The number of hydrogen-bond acceptors (Lipinski definition) is 5. The summed E-state index contributed by atoms with van der Waals surface area (Å²) in [4.78, 5) is 11.8. The molecule has 1 aliphatic heterocycles. The van der Waals surface area contributed by atoms with Gasteiger partial charge in [-0.1, -0.05) is 6.07 Å². The van der Waals surface area contributed by atoms with Gasteiger partial charge in [-0.15, -0.1) is 10.2 Å². The third kappa shape index (κ3) is 3.56. The first-order valence-corrected chi connectivity index (χ1v) is 7.20. The molecule has 0 saturated carbocycles. The van der Waals surface area contributed by atoms with Crippen molar-refractivity contribution in [3.8, 4) is 0 Å². The lowest BCUT2D eigenvalue weighted by Crippen LogP contribution is -2.37. The summed E-state index contributed by atoms with van der Waals surface area (Å²) in [6.45, 7) is 2.21. The monoisotopic (exact) mass is 289 g/mol. The zero-order valence-corrected chi connectivity index (χ0v) is 11.8. The van der Waals surface area contributed by atoms with Gasteiger partial charge in [-0.05, 0) is 25.0 Å². The molecule has 2 aromatic heterocycles. The molecule has 7 nitrogen and oxygen atoms in total. The summed E-state index contributed by atoms with van der Waals surface area (Å²) in [6.07, 6.45) is 4.31. The number of amides is 1. The molecule has 1 amide bonds. The number of fused-ring (bicyclic) bond motifs is 1. The van der Waals surface area contributed by atoms with Crippen molar-refractivity contribution < 1.29 is 9.53 Å². The smallest absolute Gasteiger partial charge is 0.234 e. The minimum Gasteiger partial charge on any atom is -0.377 e. The summed E-state index contributed by atoms with van der Waals surface area (Å²) >= 11 is 0. The SMILES string of the molecule is O=C(CNCC1CCCO1)NCc1nnc2ccccn12. The van der Waals surface area contributed by atoms with Crippen LogP contribution in [0.25, 0.3) is 5.65 Å². The fourth-order valence-corrected chi connectivity index (χ4v) is 2.40. The van der Waals surface area contributed by atoms with E-state index in [0.717, 1.165) is 37.5 Å². The first-order chi connectivity index (χ1) is 10.3. The lowest BCUT2D eigenvalue weighted by molar-refractivity contribution is -0.120. The third-order valence-corrected chi connectivity index (χ3v) is 3.51. The summed E-state index contributed by atoms with van der Waals surface area (Å²) in [6, 6.07) is 5.69. The molecule has 2 N–H and O–H groups in total. The fraction of sp³-hybridized carbons (Fsp3) is 0.500. The van der Waals surface area contributed by atoms with Crippen LogP contribution in [0.15, 0.2) is 24.4 Å². The highest BCUT2D eigenvalue weighted by Gasteiger charge is 2.15. The molecule has 0 bridgehead atoms. The van der Waals surface area contributed by atoms with Crippen LogP contribution in [0.3, 0.4) is 0 Å². The Morgan fingerprint density at radius 1 is 1.43 bits per heavy atom. The molecule has 0 aliphatic carbocycles. The molecule has 112 valence electrons. The maximum atomic E-state index is 11.8. The summed E-state index contributed by atoms with van der Waals surface area (Å²) in [7, 11) is 0.